The largest absolute Gasteiger partial charge is 0.586 e. The smallest absolute Gasteiger partial charge is 0.493 e. The van der Waals surface area contributed by atoms with Crippen molar-refractivity contribution in [3.05, 3.63) is 84.6 Å². The Kier molecular flexibility index (Phi) is 8.38. The lowest BCUT2D eigenvalue weighted by Gasteiger charge is -2.26. The molecule has 0 aliphatic carbocycles. The van der Waals surface area contributed by atoms with E-state index in [4.69, 9.17) is 14.2 Å². The van der Waals surface area contributed by atoms with Gasteiger partial charge in [-0.05, 0) is 91.7 Å². The minimum atomic E-state index is -3.80. The van der Waals surface area contributed by atoms with E-state index in [0.717, 1.165) is 36.8 Å². The first-order valence-corrected chi connectivity index (χ1v) is 15.6. The highest BCUT2D eigenvalue weighted by Crippen LogP contribution is 2.46. The average molecular weight is 642 g/mol. The summed E-state index contributed by atoms with van der Waals surface area (Å²) in [5.41, 5.74) is 1.13. The lowest BCUT2D eigenvalue weighted by Crippen LogP contribution is -2.31. The fraction of sp³-hybridized carbons (Fsp3) is 0.278. The summed E-state index contributed by atoms with van der Waals surface area (Å²) in [5, 5.41) is 4.82. The minimum Gasteiger partial charge on any atom is -0.493 e. The number of hydrogen-bond donors (Lipinski definition) is 1. The summed E-state index contributed by atoms with van der Waals surface area (Å²) in [5.74, 6) is 1.48. The van der Waals surface area contributed by atoms with Gasteiger partial charge in [-0.25, -0.2) is 0 Å². The molecule has 1 fully saturated rings. The topological polar surface area (TPSA) is 91.4 Å². The van der Waals surface area contributed by atoms with Crippen LogP contribution in [0.15, 0.2) is 79.0 Å². The summed E-state index contributed by atoms with van der Waals surface area (Å²) in [6.45, 7) is 3.92. The third-order valence-electron chi connectivity index (χ3n) is 8.31. The van der Waals surface area contributed by atoms with Crippen LogP contribution in [0.4, 0.5) is 14.5 Å². The summed E-state index contributed by atoms with van der Waals surface area (Å²) in [4.78, 5) is 20.3. The number of rotatable bonds is 10. The summed E-state index contributed by atoms with van der Waals surface area (Å²) in [6, 6.07) is 20.5. The molecule has 9 nitrogen and oxygen atoms in total. The minimum absolute atomic E-state index is 0.0765. The SMILES string of the molecule is COc1cc2c(Oc3ccc4c(C(=O)Nc5cccc6c5OC(F)(F)O6)cccc4c3)ccnc2cc1OCCCN1CCCCC1. The fourth-order valence-corrected chi connectivity index (χ4v) is 6.05. The van der Waals surface area contributed by atoms with E-state index < -0.39 is 12.2 Å². The van der Waals surface area contributed by atoms with Crippen LogP contribution >= 0.6 is 0 Å². The number of amides is 1. The van der Waals surface area contributed by atoms with E-state index in [0.29, 0.717) is 46.1 Å². The number of alkyl halides is 2. The molecule has 0 saturated carbocycles. The molecule has 7 rings (SSSR count). The van der Waals surface area contributed by atoms with Gasteiger partial charge in [-0.3, -0.25) is 9.78 Å². The molecule has 1 saturated heterocycles. The first kappa shape index (κ1) is 30.5. The van der Waals surface area contributed by atoms with Crippen molar-refractivity contribution in [1.82, 2.24) is 9.88 Å². The number of ether oxygens (including phenoxy) is 5. The number of likely N-dealkylation sites (tertiary alicyclic amines) is 1. The maximum atomic E-state index is 13.6. The van der Waals surface area contributed by atoms with Crippen molar-refractivity contribution in [3.8, 4) is 34.5 Å². The van der Waals surface area contributed by atoms with Gasteiger partial charge in [0.2, 0.25) is 0 Å². The van der Waals surface area contributed by atoms with E-state index in [1.807, 2.05) is 24.3 Å². The van der Waals surface area contributed by atoms with Crippen molar-refractivity contribution in [2.45, 2.75) is 32.0 Å². The Bertz CT molecular complexity index is 1950. The normalized spacial score (nSPS) is 15.5. The monoisotopic (exact) mass is 641 g/mol. The van der Waals surface area contributed by atoms with Gasteiger partial charge in [0.25, 0.3) is 5.91 Å². The molecule has 0 atom stereocenters. The molecule has 0 bridgehead atoms. The van der Waals surface area contributed by atoms with E-state index in [-0.39, 0.29) is 17.2 Å². The summed E-state index contributed by atoms with van der Waals surface area (Å²) < 4.78 is 54.5. The van der Waals surface area contributed by atoms with Crippen LogP contribution in [0.2, 0.25) is 0 Å². The Hall–Kier alpha value is -5.16. The van der Waals surface area contributed by atoms with Gasteiger partial charge in [-0.1, -0.05) is 24.6 Å². The van der Waals surface area contributed by atoms with E-state index in [1.165, 1.54) is 37.5 Å². The lowest BCUT2D eigenvalue weighted by atomic mass is 10.0. The van der Waals surface area contributed by atoms with Crippen LogP contribution in [0, 0.1) is 0 Å². The molecule has 47 heavy (non-hydrogen) atoms. The van der Waals surface area contributed by atoms with Gasteiger partial charge in [0.05, 0.1) is 24.9 Å². The number of hydrogen-bond acceptors (Lipinski definition) is 8. The predicted octanol–water partition coefficient (Wildman–Crippen LogP) is 8.02. The molecule has 1 N–H and O–H groups in total. The van der Waals surface area contributed by atoms with Gasteiger partial charge in [0, 0.05) is 29.8 Å². The summed E-state index contributed by atoms with van der Waals surface area (Å²) >= 11 is 0. The van der Waals surface area contributed by atoms with E-state index in [1.54, 1.807) is 43.6 Å². The van der Waals surface area contributed by atoms with Gasteiger partial charge in [0.1, 0.15) is 11.5 Å². The fourth-order valence-electron chi connectivity index (χ4n) is 6.05. The molecule has 0 spiro atoms. The van der Waals surface area contributed by atoms with E-state index in [9.17, 15) is 13.6 Å². The van der Waals surface area contributed by atoms with Gasteiger partial charge in [-0.15, -0.1) is 8.78 Å². The number of pyridine rings is 1. The number of halogens is 2. The van der Waals surface area contributed by atoms with Crippen molar-refractivity contribution >= 4 is 33.3 Å². The van der Waals surface area contributed by atoms with Crippen LogP contribution in [0.1, 0.15) is 36.0 Å². The van der Waals surface area contributed by atoms with Crippen LogP contribution in [-0.2, 0) is 0 Å². The Morgan fingerprint density at radius 3 is 2.64 bits per heavy atom. The zero-order valence-corrected chi connectivity index (χ0v) is 25.8. The summed E-state index contributed by atoms with van der Waals surface area (Å²) in [7, 11) is 1.61. The lowest BCUT2D eigenvalue weighted by molar-refractivity contribution is -0.286. The molecule has 11 heteroatoms. The van der Waals surface area contributed by atoms with Crippen molar-refractivity contribution in [3.63, 3.8) is 0 Å². The maximum absolute atomic E-state index is 13.6. The highest BCUT2D eigenvalue weighted by molar-refractivity contribution is 6.13. The molecule has 1 aromatic heterocycles. The number of nitrogens with one attached hydrogen (secondary N) is 1. The molecule has 242 valence electrons. The van der Waals surface area contributed by atoms with Gasteiger partial charge in [0.15, 0.2) is 23.0 Å². The van der Waals surface area contributed by atoms with Crippen LogP contribution < -0.4 is 29.0 Å². The highest BCUT2D eigenvalue weighted by Gasteiger charge is 2.44. The number of piperidine rings is 1. The molecule has 2 aliphatic heterocycles. The van der Waals surface area contributed by atoms with E-state index >= 15 is 0 Å². The van der Waals surface area contributed by atoms with Crippen LogP contribution in [0.5, 0.6) is 34.5 Å². The van der Waals surface area contributed by atoms with Gasteiger partial charge in [-0.2, -0.15) is 0 Å². The Morgan fingerprint density at radius 2 is 1.79 bits per heavy atom. The predicted molar refractivity (Wildman–Crippen MR) is 173 cm³/mol. The Balaban J connectivity index is 1.08. The van der Waals surface area contributed by atoms with E-state index in [2.05, 4.69) is 24.7 Å². The second-order valence-electron chi connectivity index (χ2n) is 11.5. The molecule has 4 aromatic carbocycles. The number of anilines is 1. The number of benzene rings is 4. The molecule has 5 aromatic rings. The number of carbonyl (C=O) groups excluding carboxylic acids is 1. The molecule has 0 unspecified atom stereocenters. The van der Waals surface area contributed by atoms with Crippen LogP contribution in [-0.4, -0.2) is 55.4 Å². The Morgan fingerprint density at radius 1 is 0.936 bits per heavy atom. The standard InChI is InChI=1S/C36H33F2N3O6/c1-43-32-21-27-29(22-33(32)44-19-7-18-41-16-3-2-4-17-41)39-15-14-30(27)45-24-12-13-25-23(20-24)8-5-9-26(25)35(42)40-28-10-6-11-31-34(28)47-36(37,38)46-31/h5-6,8-15,20-22H,2-4,7,16-19H2,1H3,(H,40,42). The van der Waals surface area contributed by atoms with Crippen molar-refractivity contribution in [2.24, 2.45) is 0 Å². The first-order valence-electron chi connectivity index (χ1n) is 15.6. The number of nitrogens with zero attached hydrogens (tertiary/aromatic N) is 2. The quantitative estimate of drug-likeness (QED) is 0.153. The highest BCUT2D eigenvalue weighted by atomic mass is 19.3. The molecular formula is C36H33F2N3O6. The van der Waals surface area contributed by atoms with Crippen molar-refractivity contribution < 1.29 is 37.3 Å². The van der Waals surface area contributed by atoms with Crippen LogP contribution in [0.3, 0.4) is 0 Å². The first-order chi connectivity index (χ1) is 22.9. The van der Waals surface area contributed by atoms with Crippen molar-refractivity contribution in [2.75, 3.05) is 38.7 Å². The summed E-state index contributed by atoms with van der Waals surface area (Å²) in [6.07, 6.45) is 2.66. The number of aromatic nitrogens is 1. The average Bonchev–Trinajstić information content (AvgIpc) is 3.41. The molecule has 2 aliphatic rings. The molecule has 0 radical (unpaired) electrons. The second-order valence-corrected chi connectivity index (χ2v) is 11.5. The zero-order valence-electron chi connectivity index (χ0n) is 25.8. The number of fused-ring (bicyclic) bond motifs is 3. The Labute approximate surface area is 270 Å². The second kappa shape index (κ2) is 12.9. The number of methoxy groups -OCH3 is 1. The number of carbonyl (C=O) groups is 1. The van der Waals surface area contributed by atoms with Gasteiger partial charge < -0.3 is 33.9 Å². The number of para-hydroxylation sites is 1. The molecule has 1 amide bonds. The molecule has 3 heterocycles. The third-order valence-corrected chi connectivity index (χ3v) is 8.31. The van der Waals surface area contributed by atoms with Crippen LogP contribution in [0.25, 0.3) is 21.7 Å². The maximum Gasteiger partial charge on any atom is 0.586 e. The zero-order chi connectivity index (χ0) is 32.4. The third kappa shape index (κ3) is 6.57. The van der Waals surface area contributed by atoms with Gasteiger partial charge >= 0.3 is 6.29 Å². The van der Waals surface area contributed by atoms with Crippen molar-refractivity contribution in [1.29, 1.82) is 0 Å². The molecular weight excluding hydrogens is 608 g/mol.